The summed E-state index contributed by atoms with van der Waals surface area (Å²) in [6, 6.07) is 9.12. The van der Waals surface area contributed by atoms with Gasteiger partial charge in [-0.25, -0.2) is 24.7 Å². The number of aromatic amines is 1. The zero-order chi connectivity index (χ0) is 52.9. The molecule has 0 saturated heterocycles. The van der Waals surface area contributed by atoms with E-state index in [0.29, 0.717) is 48.2 Å². The number of H-pyrrole nitrogens is 1. The van der Waals surface area contributed by atoms with Crippen LogP contribution in [0.3, 0.4) is 0 Å². The number of aromatic nitrogens is 9. The van der Waals surface area contributed by atoms with E-state index in [9.17, 15) is 4.79 Å². The molecule has 0 amide bonds. The van der Waals surface area contributed by atoms with Gasteiger partial charge in [0.25, 0.3) is 0 Å². The molecule has 5 aromatic rings. The van der Waals surface area contributed by atoms with Crippen molar-refractivity contribution in [1.29, 1.82) is 0 Å². The normalized spacial score (nSPS) is 20.9. The smallest absolute Gasteiger partial charge is 0.350 e. The lowest BCUT2D eigenvalue weighted by molar-refractivity contribution is 0.381. The van der Waals surface area contributed by atoms with Gasteiger partial charge in [0.15, 0.2) is 11.6 Å². The molecule has 4 unspecified atom stereocenters. The van der Waals surface area contributed by atoms with Crippen LogP contribution in [0.15, 0.2) is 49.2 Å². The summed E-state index contributed by atoms with van der Waals surface area (Å²) in [6.45, 7) is 42.2. The topological polar surface area (TPSA) is 200 Å². The van der Waals surface area contributed by atoms with Crippen LogP contribution in [0.5, 0.6) is 0 Å². The zero-order valence-corrected chi connectivity index (χ0v) is 46.5. The van der Waals surface area contributed by atoms with Gasteiger partial charge in [-0.15, -0.1) is 19.8 Å². The summed E-state index contributed by atoms with van der Waals surface area (Å²) in [5.41, 5.74) is 11.4. The second kappa shape index (κ2) is 18.4. The first-order chi connectivity index (χ1) is 34.2. The molecule has 388 valence electrons. The van der Waals surface area contributed by atoms with Gasteiger partial charge in [0.2, 0.25) is 23.5 Å². The molecule has 73 heavy (non-hydrogen) atoms. The Morgan fingerprint density at radius 2 is 1.10 bits per heavy atom. The van der Waals surface area contributed by atoms with E-state index in [2.05, 4.69) is 170 Å². The monoisotopic (exact) mass is 992 g/mol. The van der Waals surface area contributed by atoms with Crippen molar-refractivity contribution in [3.05, 3.63) is 80.3 Å². The Kier molecular flexibility index (Phi) is 12.9. The average molecular weight is 992 g/mol. The van der Waals surface area contributed by atoms with Crippen molar-refractivity contribution in [2.75, 3.05) is 46.6 Å². The Bertz CT molecular complexity index is 2960. The SMILES string of the molecule is CCN1c2cc(C)c(N=C3C(C(C)(C)C)=Nn4nc(C(C)CNc5nc(NCC(C)c6nc7n(n6)N=C(C(C)(C)C)C7=Nc6cc7c(cc6C)N(CC)C(C)(C)CC7C)[nH]c(=O)n5)nc43)cc2C(C)CC1(C)C. The second-order valence-corrected chi connectivity index (χ2v) is 24.3. The molecule has 2 aromatic carbocycles. The third-order valence-electron chi connectivity index (χ3n) is 15.1. The van der Waals surface area contributed by atoms with Gasteiger partial charge in [-0.1, -0.05) is 69.2 Å². The van der Waals surface area contributed by atoms with E-state index < -0.39 is 5.69 Å². The van der Waals surface area contributed by atoms with E-state index in [1.165, 1.54) is 22.5 Å². The lowest BCUT2D eigenvalue weighted by Crippen LogP contribution is -2.48. The van der Waals surface area contributed by atoms with Crippen molar-refractivity contribution in [2.24, 2.45) is 31.0 Å². The Balaban J connectivity index is 0.897. The first kappa shape index (κ1) is 51.3. The minimum atomic E-state index is -0.538. The average Bonchev–Trinajstić information content (AvgIpc) is 4.06. The van der Waals surface area contributed by atoms with Gasteiger partial charge in [0, 0.05) is 71.3 Å². The number of hydrogen-bond acceptors (Lipinski definition) is 15. The van der Waals surface area contributed by atoms with Crippen LogP contribution in [-0.2, 0) is 0 Å². The van der Waals surface area contributed by atoms with Crippen LogP contribution in [0.4, 0.5) is 34.6 Å². The van der Waals surface area contributed by atoms with Crippen LogP contribution < -0.4 is 26.1 Å². The number of aryl methyl sites for hydroxylation is 2. The Morgan fingerprint density at radius 3 is 1.51 bits per heavy atom. The fraction of sp³-hybridized carbons (Fsp3) is 0.582. The van der Waals surface area contributed by atoms with Crippen molar-refractivity contribution in [3.63, 3.8) is 0 Å². The molecule has 3 N–H and O–H groups in total. The van der Waals surface area contributed by atoms with Gasteiger partial charge >= 0.3 is 5.69 Å². The summed E-state index contributed by atoms with van der Waals surface area (Å²) < 4.78 is 0. The van der Waals surface area contributed by atoms with Crippen LogP contribution in [0.1, 0.15) is 193 Å². The molecule has 0 fully saturated rings. The first-order valence-corrected chi connectivity index (χ1v) is 26.3. The predicted molar refractivity (Wildman–Crippen MR) is 296 cm³/mol. The molecule has 0 aliphatic carbocycles. The van der Waals surface area contributed by atoms with Gasteiger partial charge < -0.3 is 20.4 Å². The summed E-state index contributed by atoms with van der Waals surface area (Å²) in [4.78, 5) is 53.3. The quantitative estimate of drug-likeness (QED) is 0.107. The molecule has 18 heteroatoms. The maximum atomic E-state index is 12.9. The van der Waals surface area contributed by atoms with E-state index >= 15 is 0 Å². The molecule has 0 bridgehead atoms. The maximum absolute atomic E-state index is 12.9. The summed E-state index contributed by atoms with van der Waals surface area (Å²) in [5.74, 6) is 3.27. The van der Waals surface area contributed by atoms with Gasteiger partial charge in [-0.2, -0.15) is 20.2 Å². The lowest BCUT2D eigenvalue weighted by Gasteiger charge is -2.47. The van der Waals surface area contributed by atoms with Crippen molar-refractivity contribution >= 4 is 57.5 Å². The van der Waals surface area contributed by atoms with Crippen molar-refractivity contribution in [2.45, 2.75) is 172 Å². The Hall–Kier alpha value is -6.59. The van der Waals surface area contributed by atoms with Crippen LogP contribution >= 0.6 is 0 Å². The third kappa shape index (κ3) is 9.61. The van der Waals surface area contributed by atoms with Crippen molar-refractivity contribution < 1.29 is 0 Å². The van der Waals surface area contributed by atoms with E-state index in [4.69, 9.17) is 40.4 Å². The molecular formula is C55H77N17O. The van der Waals surface area contributed by atoms with Crippen molar-refractivity contribution in [3.8, 4) is 0 Å². The highest BCUT2D eigenvalue weighted by atomic mass is 16.1. The fourth-order valence-corrected chi connectivity index (χ4v) is 11.3. The van der Waals surface area contributed by atoms with E-state index in [1.807, 2.05) is 13.8 Å². The number of hydrogen-bond donors (Lipinski definition) is 3. The molecule has 3 aromatic heterocycles. The molecule has 9 rings (SSSR count). The van der Waals surface area contributed by atoms with Gasteiger partial charge in [-0.05, 0) is 127 Å². The standard InChI is InChI=1S/C55H77N17O/c1-19-69-39-21-29(3)37(23-35(39)31(5)25-54(69,15)16)58-41-43(52(9,10)11)65-71-47(41)60-45(67-71)33(7)27-56-49-62-50(64-51(73)63-49)57-28-34(8)46-61-48-42(44(53(12,13)14)66-72(48)68-46)59-38-24-36-32(6)26-55(17,18)70(20-2)40(36)22-30(38)4/h21-24,31-34H,19-20,25-28H2,1-18H3,(H3,56,57,62,63,64,73). The minimum Gasteiger partial charge on any atom is -0.366 e. The summed E-state index contributed by atoms with van der Waals surface area (Å²) in [5, 5.41) is 26.1. The van der Waals surface area contributed by atoms with Crippen LogP contribution in [-0.4, -0.2) is 105 Å². The second-order valence-electron chi connectivity index (χ2n) is 24.3. The number of rotatable bonds is 12. The van der Waals surface area contributed by atoms with Crippen LogP contribution in [0.25, 0.3) is 0 Å². The van der Waals surface area contributed by atoms with E-state index in [-0.39, 0.29) is 45.6 Å². The van der Waals surface area contributed by atoms with Crippen LogP contribution in [0, 0.1) is 24.7 Å². The van der Waals surface area contributed by atoms with Gasteiger partial charge in [-0.3, -0.25) is 4.98 Å². The molecule has 18 nitrogen and oxygen atoms in total. The number of nitrogens with one attached hydrogen (secondary N) is 3. The van der Waals surface area contributed by atoms with E-state index in [1.54, 1.807) is 9.58 Å². The highest BCUT2D eigenvalue weighted by Crippen LogP contribution is 2.47. The lowest BCUT2D eigenvalue weighted by atomic mass is 9.79. The Labute approximate surface area is 430 Å². The minimum absolute atomic E-state index is 0.0747. The summed E-state index contributed by atoms with van der Waals surface area (Å²) >= 11 is 0. The van der Waals surface area contributed by atoms with E-state index in [0.717, 1.165) is 71.3 Å². The molecule has 7 heterocycles. The summed E-state index contributed by atoms with van der Waals surface area (Å²) in [6.07, 6.45) is 2.13. The van der Waals surface area contributed by atoms with Crippen LogP contribution in [0.2, 0.25) is 0 Å². The molecular weight excluding hydrogens is 915 g/mol. The molecule has 0 radical (unpaired) electrons. The zero-order valence-electron chi connectivity index (χ0n) is 46.5. The predicted octanol–water partition coefficient (Wildman–Crippen LogP) is 10.4. The number of aliphatic imine (C=N–C) groups is 2. The molecule has 4 aliphatic rings. The largest absolute Gasteiger partial charge is 0.366 e. The van der Waals surface area contributed by atoms with Crippen molar-refractivity contribution in [1.82, 2.24) is 44.7 Å². The summed E-state index contributed by atoms with van der Waals surface area (Å²) in [7, 11) is 0. The highest BCUT2D eigenvalue weighted by molar-refractivity contribution is 6.51. The maximum Gasteiger partial charge on any atom is 0.350 e. The number of nitrogens with zero attached hydrogens (tertiary/aromatic N) is 14. The van der Waals surface area contributed by atoms with Gasteiger partial charge in [0.1, 0.15) is 11.4 Å². The van der Waals surface area contributed by atoms with Gasteiger partial charge in [0.05, 0.1) is 22.8 Å². The molecule has 0 saturated carbocycles. The highest BCUT2D eigenvalue weighted by Gasteiger charge is 2.40. The number of benzene rings is 2. The Morgan fingerprint density at radius 1 is 0.671 bits per heavy atom. The first-order valence-electron chi connectivity index (χ1n) is 26.3. The number of anilines is 4. The molecule has 0 spiro atoms. The fourth-order valence-electron chi connectivity index (χ4n) is 11.3. The number of fused-ring (bicyclic) bond motifs is 4. The molecule has 4 aliphatic heterocycles. The third-order valence-corrected chi connectivity index (χ3v) is 15.1. The molecule has 4 atom stereocenters.